The van der Waals surface area contributed by atoms with Crippen molar-refractivity contribution in [3.63, 3.8) is 0 Å². The van der Waals surface area contributed by atoms with E-state index in [1.54, 1.807) is 25.3 Å². The molecular weight excluding hydrogens is 204 g/mol. The first-order valence-corrected chi connectivity index (χ1v) is 4.91. The van der Waals surface area contributed by atoms with Gasteiger partial charge in [0.05, 0.1) is 17.4 Å². The van der Waals surface area contributed by atoms with Crippen LogP contribution in [0.2, 0.25) is 0 Å². The summed E-state index contributed by atoms with van der Waals surface area (Å²) in [5.41, 5.74) is 7.51. The van der Waals surface area contributed by atoms with E-state index in [2.05, 4.69) is 4.98 Å². The molecule has 2 rings (SSSR count). The number of aryl methyl sites for hydroxylation is 2. The summed E-state index contributed by atoms with van der Waals surface area (Å²) < 4.78 is 5.10. The molecule has 0 aliphatic rings. The molecule has 0 saturated heterocycles. The quantitative estimate of drug-likeness (QED) is 0.780. The molecular formula is C12H12N2O2. The van der Waals surface area contributed by atoms with Crippen LogP contribution in [0.15, 0.2) is 29.0 Å². The van der Waals surface area contributed by atoms with Crippen LogP contribution in [0.3, 0.4) is 0 Å². The predicted molar refractivity (Wildman–Crippen MR) is 60.3 cm³/mol. The molecule has 0 saturated carbocycles. The topological polar surface area (TPSA) is 69.1 Å². The molecule has 0 atom stereocenters. The second-order valence-corrected chi connectivity index (χ2v) is 3.61. The number of furan rings is 1. The minimum absolute atomic E-state index is 0.144. The van der Waals surface area contributed by atoms with Crippen LogP contribution in [0.1, 0.15) is 27.2 Å². The van der Waals surface area contributed by atoms with Crippen molar-refractivity contribution in [2.45, 2.75) is 13.8 Å². The third kappa shape index (κ3) is 1.58. The Bertz CT molecular complexity index is 523. The van der Waals surface area contributed by atoms with Crippen molar-refractivity contribution >= 4 is 11.6 Å². The van der Waals surface area contributed by atoms with Crippen molar-refractivity contribution < 1.29 is 9.21 Å². The van der Waals surface area contributed by atoms with E-state index in [1.165, 1.54) is 6.26 Å². The largest absolute Gasteiger partial charge is 0.469 e. The predicted octanol–water partition coefficient (Wildman–Crippen LogP) is 2.10. The summed E-state index contributed by atoms with van der Waals surface area (Å²) in [6.07, 6.45) is 3.08. The van der Waals surface area contributed by atoms with Crippen LogP contribution in [0.5, 0.6) is 0 Å². The van der Waals surface area contributed by atoms with Gasteiger partial charge >= 0.3 is 0 Å². The zero-order chi connectivity index (χ0) is 11.7. The number of nitrogens with zero attached hydrogens (tertiary/aromatic N) is 1. The third-order valence-corrected chi connectivity index (χ3v) is 2.52. The number of hydrogen-bond donors (Lipinski definition) is 1. The lowest BCUT2D eigenvalue weighted by molar-refractivity contribution is 0.103. The first kappa shape index (κ1) is 10.4. The molecule has 16 heavy (non-hydrogen) atoms. The second-order valence-electron chi connectivity index (χ2n) is 3.61. The molecule has 0 spiro atoms. The Balaban J connectivity index is 2.54. The number of ketones is 1. The maximum Gasteiger partial charge on any atom is 0.200 e. The van der Waals surface area contributed by atoms with E-state index in [9.17, 15) is 4.79 Å². The molecule has 2 N–H and O–H groups in total. The lowest BCUT2D eigenvalue weighted by atomic mass is 10.0. The Morgan fingerprint density at radius 1 is 1.38 bits per heavy atom. The highest BCUT2D eigenvalue weighted by Gasteiger charge is 2.18. The second kappa shape index (κ2) is 3.81. The first-order valence-electron chi connectivity index (χ1n) is 4.91. The minimum atomic E-state index is -0.144. The highest BCUT2D eigenvalue weighted by atomic mass is 16.3. The average Bonchev–Trinajstić information content (AvgIpc) is 2.64. The summed E-state index contributed by atoms with van der Waals surface area (Å²) in [6, 6.07) is 3.41. The van der Waals surface area contributed by atoms with Gasteiger partial charge in [0.15, 0.2) is 5.78 Å². The van der Waals surface area contributed by atoms with Gasteiger partial charge < -0.3 is 10.2 Å². The summed E-state index contributed by atoms with van der Waals surface area (Å²) in [7, 11) is 0. The molecule has 0 amide bonds. The van der Waals surface area contributed by atoms with Crippen LogP contribution < -0.4 is 5.73 Å². The molecule has 4 heteroatoms. The Hall–Kier alpha value is -2.10. The Kier molecular flexibility index (Phi) is 2.48. The SMILES string of the molecule is Cc1ccnc(N)c1C(=O)c1ccoc1C. The van der Waals surface area contributed by atoms with Crippen molar-refractivity contribution in [2.24, 2.45) is 0 Å². The highest BCUT2D eigenvalue weighted by molar-refractivity contribution is 6.13. The van der Waals surface area contributed by atoms with E-state index in [0.717, 1.165) is 5.56 Å². The fourth-order valence-corrected chi connectivity index (χ4v) is 1.63. The summed E-state index contributed by atoms with van der Waals surface area (Å²) in [4.78, 5) is 16.1. The average molecular weight is 216 g/mol. The lowest BCUT2D eigenvalue weighted by Gasteiger charge is -2.06. The normalized spacial score (nSPS) is 10.4. The molecule has 0 aromatic carbocycles. The first-order chi connectivity index (χ1) is 7.61. The van der Waals surface area contributed by atoms with Gasteiger partial charge in [-0.2, -0.15) is 0 Å². The van der Waals surface area contributed by atoms with Gasteiger partial charge in [-0.3, -0.25) is 4.79 Å². The number of carbonyl (C=O) groups is 1. The molecule has 82 valence electrons. The van der Waals surface area contributed by atoms with Crippen molar-refractivity contribution in [3.8, 4) is 0 Å². The molecule has 0 bridgehead atoms. The van der Waals surface area contributed by atoms with Crippen LogP contribution in [0.25, 0.3) is 0 Å². The van der Waals surface area contributed by atoms with E-state index >= 15 is 0 Å². The number of hydrogen-bond acceptors (Lipinski definition) is 4. The van der Waals surface area contributed by atoms with Crippen molar-refractivity contribution in [2.75, 3.05) is 5.73 Å². The zero-order valence-electron chi connectivity index (χ0n) is 9.15. The number of anilines is 1. The zero-order valence-corrected chi connectivity index (χ0v) is 9.15. The van der Waals surface area contributed by atoms with Gasteiger partial charge in [-0.25, -0.2) is 4.98 Å². The van der Waals surface area contributed by atoms with Gasteiger partial charge in [0.25, 0.3) is 0 Å². The maximum absolute atomic E-state index is 12.2. The van der Waals surface area contributed by atoms with Crippen molar-refractivity contribution in [3.05, 3.63) is 47.0 Å². The number of pyridine rings is 1. The molecule has 0 fully saturated rings. The van der Waals surface area contributed by atoms with Crippen LogP contribution >= 0.6 is 0 Å². The van der Waals surface area contributed by atoms with E-state index in [1.807, 2.05) is 6.92 Å². The summed E-state index contributed by atoms with van der Waals surface area (Å²) >= 11 is 0. The molecule has 2 aromatic heterocycles. The molecule has 0 aliphatic heterocycles. The number of carbonyl (C=O) groups excluding carboxylic acids is 1. The van der Waals surface area contributed by atoms with Crippen LogP contribution in [-0.4, -0.2) is 10.8 Å². The molecule has 2 aromatic rings. The maximum atomic E-state index is 12.2. The Morgan fingerprint density at radius 2 is 2.12 bits per heavy atom. The highest BCUT2D eigenvalue weighted by Crippen LogP contribution is 2.20. The van der Waals surface area contributed by atoms with Crippen LogP contribution in [0.4, 0.5) is 5.82 Å². The number of nitrogens with two attached hydrogens (primary N) is 1. The standard InChI is InChI=1S/C12H12N2O2/c1-7-3-5-14-12(13)10(7)11(15)9-4-6-16-8(9)2/h3-6H,1-2H3,(H2,13,14). The lowest BCUT2D eigenvalue weighted by Crippen LogP contribution is -2.09. The Morgan fingerprint density at radius 3 is 2.69 bits per heavy atom. The van der Waals surface area contributed by atoms with E-state index < -0.39 is 0 Å². The van der Waals surface area contributed by atoms with Gasteiger partial charge in [0.2, 0.25) is 0 Å². The van der Waals surface area contributed by atoms with Gasteiger partial charge in [-0.05, 0) is 31.5 Å². The number of aromatic nitrogens is 1. The van der Waals surface area contributed by atoms with Gasteiger partial charge in [-0.15, -0.1) is 0 Å². The van der Waals surface area contributed by atoms with Crippen LogP contribution in [0, 0.1) is 13.8 Å². The number of rotatable bonds is 2. The number of nitrogen functional groups attached to an aromatic ring is 1. The van der Waals surface area contributed by atoms with E-state index in [-0.39, 0.29) is 11.6 Å². The molecule has 0 radical (unpaired) electrons. The van der Waals surface area contributed by atoms with Crippen molar-refractivity contribution in [1.29, 1.82) is 0 Å². The molecule has 0 aliphatic carbocycles. The van der Waals surface area contributed by atoms with Gasteiger partial charge in [-0.1, -0.05) is 0 Å². The molecule has 0 unspecified atom stereocenters. The summed E-state index contributed by atoms with van der Waals surface area (Å²) in [6.45, 7) is 3.58. The van der Waals surface area contributed by atoms with Crippen molar-refractivity contribution in [1.82, 2.24) is 4.98 Å². The summed E-state index contributed by atoms with van der Waals surface area (Å²) in [5, 5.41) is 0. The third-order valence-electron chi connectivity index (χ3n) is 2.52. The van der Waals surface area contributed by atoms with E-state index in [0.29, 0.717) is 16.9 Å². The molecule has 2 heterocycles. The van der Waals surface area contributed by atoms with E-state index in [4.69, 9.17) is 10.2 Å². The van der Waals surface area contributed by atoms with Crippen LogP contribution in [-0.2, 0) is 0 Å². The minimum Gasteiger partial charge on any atom is -0.469 e. The van der Waals surface area contributed by atoms with Gasteiger partial charge in [0, 0.05) is 6.20 Å². The summed E-state index contributed by atoms with van der Waals surface area (Å²) in [5.74, 6) is 0.701. The Labute approximate surface area is 93.1 Å². The molecule has 4 nitrogen and oxygen atoms in total. The fraction of sp³-hybridized carbons (Fsp3) is 0.167. The fourth-order valence-electron chi connectivity index (χ4n) is 1.63. The monoisotopic (exact) mass is 216 g/mol. The smallest absolute Gasteiger partial charge is 0.200 e. The van der Waals surface area contributed by atoms with Gasteiger partial charge in [0.1, 0.15) is 11.6 Å².